The Hall–Kier alpha value is -4.69. The summed E-state index contributed by atoms with van der Waals surface area (Å²) in [5.74, 6) is -0.567. The van der Waals surface area contributed by atoms with E-state index < -0.39 is 17.6 Å². The molecule has 0 aliphatic heterocycles. The number of benzene rings is 5. The lowest BCUT2D eigenvalue weighted by Crippen LogP contribution is -2.41. The van der Waals surface area contributed by atoms with Crippen molar-refractivity contribution in [2.24, 2.45) is 5.73 Å². The first-order valence-corrected chi connectivity index (χ1v) is 14.0. The van der Waals surface area contributed by atoms with Crippen LogP contribution in [0.2, 0.25) is 5.02 Å². The van der Waals surface area contributed by atoms with Crippen LogP contribution in [0.4, 0.5) is 10.1 Å². The molecule has 2 amide bonds. The topological polar surface area (TPSA) is 84.7 Å². The minimum Gasteiger partial charge on any atom is -0.455 e. The van der Waals surface area contributed by atoms with E-state index >= 15 is 0 Å². The van der Waals surface area contributed by atoms with E-state index in [0.29, 0.717) is 34.1 Å². The molecule has 0 aliphatic carbocycles. The standard InChI is InChI=1S/C35H29ClFN3O3.ClH/c36-29-17-18-32(33(20-29)43-30-11-6-7-24(19-30)21-38)40(23-34(41)39-22-28-10-4-5-12-31(28)37)35(42)27-15-13-26(14-16-27)25-8-2-1-3-9-25;/h1-20H,21-23,38H2,(H,39,41);1H. The van der Waals surface area contributed by atoms with Crippen molar-refractivity contribution in [2.45, 2.75) is 13.1 Å². The number of nitrogens with zero attached hydrogens (tertiary/aromatic N) is 1. The summed E-state index contributed by atoms with van der Waals surface area (Å²) < 4.78 is 20.4. The summed E-state index contributed by atoms with van der Waals surface area (Å²) in [7, 11) is 0. The Morgan fingerprint density at radius 2 is 1.52 bits per heavy atom. The average Bonchev–Trinajstić information content (AvgIpc) is 3.04. The molecule has 0 bridgehead atoms. The van der Waals surface area contributed by atoms with Crippen molar-refractivity contribution in [3.05, 3.63) is 149 Å². The summed E-state index contributed by atoms with van der Waals surface area (Å²) >= 11 is 6.34. The van der Waals surface area contributed by atoms with Gasteiger partial charge in [-0.1, -0.05) is 84.4 Å². The molecule has 0 atom stereocenters. The average molecular weight is 631 g/mol. The van der Waals surface area contributed by atoms with E-state index in [-0.39, 0.29) is 31.2 Å². The molecule has 5 aromatic carbocycles. The van der Waals surface area contributed by atoms with Gasteiger partial charge in [0, 0.05) is 35.3 Å². The van der Waals surface area contributed by atoms with Gasteiger partial charge in [-0.05, 0) is 59.2 Å². The molecular weight excluding hydrogens is 600 g/mol. The van der Waals surface area contributed by atoms with Crippen LogP contribution in [0.5, 0.6) is 11.5 Å². The molecule has 44 heavy (non-hydrogen) atoms. The third-order valence-electron chi connectivity index (χ3n) is 6.79. The zero-order valence-corrected chi connectivity index (χ0v) is 25.2. The van der Waals surface area contributed by atoms with Gasteiger partial charge < -0.3 is 15.8 Å². The van der Waals surface area contributed by atoms with Crippen molar-refractivity contribution in [2.75, 3.05) is 11.4 Å². The first-order chi connectivity index (χ1) is 20.9. The van der Waals surface area contributed by atoms with Gasteiger partial charge in [0.25, 0.3) is 5.91 Å². The number of ether oxygens (including phenoxy) is 1. The molecule has 0 heterocycles. The fourth-order valence-electron chi connectivity index (χ4n) is 4.55. The Morgan fingerprint density at radius 3 is 2.25 bits per heavy atom. The number of hydrogen-bond donors (Lipinski definition) is 2. The van der Waals surface area contributed by atoms with Crippen LogP contribution in [0.25, 0.3) is 11.1 Å². The van der Waals surface area contributed by atoms with Crippen LogP contribution in [-0.2, 0) is 17.9 Å². The molecule has 0 radical (unpaired) electrons. The van der Waals surface area contributed by atoms with Crippen LogP contribution in [0.1, 0.15) is 21.5 Å². The minimum absolute atomic E-state index is 0. The Morgan fingerprint density at radius 1 is 0.818 bits per heavy atom. The third-order valence-corrected chi connectivity index (χ3v) is 7.03. The summed E-state index contributed by atoms with van der Waals surface area (Å²) in [6.07, 6.45) is 0. The predicted octanol–water partition coefficient (Wildman–Crippen LogP) is 7.78. The Balaban J connectivity index is 0.00000442. The molecule has 9 heteroatoms. The summed E-state index contributed by atoms with van der Waals surface area (Å²) in [6.45, 7) is -0.0604. The SMILES string of the molecule is Cl.NCc1cccc(Oc2cc(Cl)ccc2N(CC(=O)NCc2ccccc2F)C(=O)c2ccc(-c3ccccc3)cc2)c1. The maximum absolute atomic E-state index is 14.2. The Bertz CT molecular complexity index is 1730. The number of nitrogens with one attached hydrogen (secondary N) is 1. The Labute approximate surface area is 266 Å². The largest absolute Gasteiger partial charge is 0.455 e. The van der Waals surface area contributed by atoms with Crippen LogP contribution in [0.15, 0.2) is 121 Å². The fraction of sp³-hybridized carbons (Fsp3) is 0.0857. The molecule has 0 saturated carbocycles. The summed E-state index contributed by atoms with van der Waals surface area (Å²) in [5.41, 5.74) is 9.66. The maximum Gasteiger partial charge on any atom is 0.258 e. The number of nitrogens with two attached hydrogens (primary N) is 1. The van der Waals surface area contributed by atoms with E-state index in [1.54, 1.807) is 60.7 Å². The molecule has 6 nitrogen and oxygen atoms in total. The van der Waals surface area contributed by atoms with Crippen molar-refractivity contribution in [3.8, 4) is 22.6 Å². The first kappa shape index (κ1) is 32.2. The lowest BCUT2D eigenvalue weighted by atomic mass is 10.0. The fourth-order valence-corrected chi connectivity index (χ4v) is 4.71. The van der Waals surface area contributed by atoms with Crippen LogP contribution in [0, 0.1) is 5.82 Å². The first-order valence-electron chi connectivity index (χ1n) is 13.6. The maximum atomic E-state index is 14.2. The molecular formula is C35H30Cl2FN3O3. The number of amides is 2. The molecule has 0 unspecified atom stereocenters. The molecule has 3 N–H and O–H groups in total. The van der Waals surface area contributed by atoms with Gasteiger partial charge in [0.05, 0.1) is 5.69 Å². The minimum atomic E-state index is -0.483. The van der Waals surface area contributed by atoms with Crippen LogP contribution in [-0.4, -0.2) is 18.4 Å². The normalized spacial score (nSPS) is 10.4. The van der Waals surface area contributed by atoms with Gasteiger partial charge in [-0.2, -0.15) is 0 Å². The zero-order valence-electron chi connectivity index (χ0n) is 23.6. The number of rotatable bonds is 10. The highest BCUT2D eigenvalue weighted by atomic mass is 35.5. The van der Waals surface area contributed by atoms with E-state index in [9.17, 15) is 14.0 Å². The Kier molecular flexibility index (Phi) is 11.1. The van der Waals surface area contributed by atoms with E-state index in [4.69, 9.17) is 22.1 Å². The molecule has 5 aromatic rings. The summed E-state index contributed by atoms with van der Waals surface area (Å²) in [4.78, 5) is 28.6. The number of carbonyl (C=O) groups is 2. The second-order valence-electron chi connectivity index (χ2n) is 9.77. The molecule has 224 valence electrons. The van der Waals surface area contributed by atoms with Gasteiger partial charge in [-0.3, -0.25) is 14.5 Å². The quantitative estimate of drug-likeness (QED) is 0.165. The number of hydrogen-bond acceptors (Lipinski definition) is 4. The number of halogens is 3. The number of carbonyl (C=O) groups excluding carboxylic acids is 2. The second kappa shape index (κ2) is 15.2. The summed E-state index contributed by atoms with van der Waals surface area (Å²) in [5, 5.41) is 3.11. The van der Waals surface area contributed by atoms with Crippen LogP contribution >= 0.6 is 24.0 Å². The van der Waals surface area contributed by atoms with Crippen molar-refractivity contribution in [1.82, 2.24) is 5.32 Å². The van der Waals surface area contributed by atoms with E-state index in [0.717, 1.165) is 16.7 Å². The van der Waals surface area contributed by atoms with Gasteiger partial charge in [-0.25, -0.2) is 4.39 Å². The molecule has 0 aromatic heterocycles. The van der Waals surface area contributed by atoms with E-state index in [1.165, 1.54) is 11.0 Å². The van der Waals surface area contributed by atoms with E-state index in [1.807, 2.05) is 54.6 Å². The van der Waals surface area contributed by atoms with Gasteiger partial charge >= 0.3 is 0 Å². The number of anilines is 1. The smallest absolute Gasteiger partial charge is 0.258 e. The van der Waals surface area contributed by atoms with Crippen molar-refractivity contribution >= 4 is 41.5 Å². The van der Waals surface area contributed by atoms with Gasteiger partial charge in [0.2, 0.25) is 5.91 Å². The predicted molar refractivity (Wildman–Crippen MR) is 175 cm³/mol. The lowest BCUT2D eigenvalue weighted by Gasteiger charge is -2.25. The highest BCUT2D eigenvalue weighted by Crippen LogP contribution is 2.36. The van der Waals surface area contributed by atoms with Gasteiger partial charge in [-0.15, -0.1) is 12.4 Å². The monoisotopic (exact) mass is 629 g/mol. The van der Waals surface area contributed by atoms with Crippen LogP contribution < -0.4 is 20.7 Å². The van der Waals surface area contributed by atoms with Gasteiger partial charge in [0.1, 0.15) is 18.1 Å². The van der Waals surface area contributed by atoms with Crippen molar-refractivity contribution in [1.29, 1.82) is 0 Å². The third kappa shape index (κ3) is 8.02. The molecule has 5 rings (SSSR count). The molecule has 0 fully saturated rings. The zero-order chi connectivity index (χ0) is 30.2. The second-order valence-corrected chi connectivity index (χ2v) is 10.2. The van der Waals surface area contributed by atoms with Crippen LogP contribution in [0.3, 0.4) is 0 Å². The lowest BCUT2D eigenvalue weighted by molar-refractivity contribution is -0.119. The highest BCUT2D eigenvalue weighted by Gasteiger charge is 2.25. The molecule has 0 aliphatic rings. The highest BCUT2D eigenvalue weighted by molar-refractivity contribution is 6.31. The van der Waals surface area contributed by atoms with E-state index in [2.05, 4.69) is 5.32 Å². The van der Waals surface area contributed by atoms with Gasteiger partial charge in [0.15, 0.2) is 5.75 Å². The molecule has 0 spiro atoms. The summed E-state index contributed by atoms with van der Waals surface area (Å²) in [6, 6.07) is 35.2. The van der Waals surface area contributed by atoms with Crippen molar-refractivity contribution in [3.63, 3.8) is 0 Å². The van der Waals surface area contributed by atoms with Crippen molar-refractivity contribution < 1.29 is 18.7 Å². The molecule has 0 saturated heterocycles.